The van der Waals surface area contributed by atoms with Crippen LogP contribution in [-0.4, -0.2) is 16.8 Å². The van der Waals surface area contributed by atoms with E-state index in [1.807, 2.05) is 5.32 Å². The van der Waals surface area contributed by atoms with Crippen LogP contribution in [0, 0.1) is 17.8 Å². The SMILES string of the molecule is Nc1c(C(F)(F)F)ccn(Cc2ccc3c(c2)NC(=O)N[C@]3(C#CC2CC2)C(F)(F)F)c1=O. The van der Waals surface area contributed by atoms with Gasteiger partial charge >= 0.3 is 18.4 Å². The number of amides is 2. The molecule has 0 saturated heterocycles. The van der Waals surface area contributed by atoms with Crippen LogP contribution in [-0.2, 0) is 18.3 Å². The number of nitrogens with zero attached hydrogens (tertiary/aromatic N) is 1. The van der Waals surface area contributed by atoms with Crippen molar-refractivity contribution < 1.29 is 31.1 Å². The standard InChI is InChI=1S/C21H16F6N4O2/c22-20(23,24)14-6-8-31(17(32)16(14)28)10-12-3-4-13-15(9-12)29-18(33)30-19(13,21(25,26)27)7-5-11-1-2-11/h3-4,6,8-9,11H,1-2,10,28H2,(H2,29,30,33)/t19-/m0/s1. The summed E-state index contributed by atoms with van der Waals surface area (Å²) < 4.78 is 82.0. The number of halogens is 6. The van der Waals surface area contributed by atoms with Gasteiger partial charge in [-0.2, -0.15) is 26.3 Å². The lowest BCUT2D eigenvalue weighted by Crippen LogP contribution is -2.59. The number of pyridine rings is 1. The summed E-state index contributed by atoms with van der Waals surface area (Å²) in [6, 6.07) is 3.14. The fraction of sp³-hybridized carbons (Fsp3) is 0.333. The maximum absolute atomic E-state index is 14.1. The number of hydrogen-bond acceptors (Lipinski definition) is 3. The number of nitrogens with one attached hydrogen (secondary N) is 2. The van der Waals surface area contributed by atoms with Crippen LogP contribution in [0.2, 0.25) is 0 Å². The molecule has 4 rings (SSSR count). The van der Waals surface area contributed by atoms with Crippen LogP contribution in [0.25, 0.3) is 0 Å². The van der Waals surface area contributed by atoms with Gasteiger partial charge in [-0.3, -0.25) is 4.79 Å². The summed E-state index contributed by atoms with van der Waals surface area (Å²) in [5.74, 6) is 4.60. The van der Waals surface area contributed by atoms with E-state index in [2.05, 4.69) is 17.2 Å². The highest BCUT2D eigenvalue weighted by molar-refractivity contribution is 5.95. The van der Waals surface area contributed by atoms with Crippen LogP contribution in [0.4, 0.5) is 42.5 Å². The monoisotopic (exact) mass is 470 g/mol. The van der Waals surface area contributed by atoms with Crippen molar-refractivity contribution in [2.45, 2.75) is 37.3 Å². The first kappa shape index (κ1) is 22.6. The second kappa shape index (κ2) is 7.47. The molecule has 2 heterocycles. The Balaban J connectivity index is 1.74. The first-order chi connectivity index (χ1) is 15.3. The van der Waals surface area contributed by atoms with Crippen LogP contribution in [0.5, 0.6) is 0 Å². The number of carbonyl (C=O) groups is 1. The van der Waals surface area contributed by atoms with E-state index >= 15 is 0 Å². The van der Waals surface area contributed by atoms with E-state index in [1.165, 1.54) is 12.1 Å². The molecule has 1 fully saturated rings. The molecule has 0 radical (unpaired) electrons. The highest BCUT2D eigenvalue weighted by Crippen LogP contribution is 2.44. The van der Waals surface area contributed by atoms with Gasteiger partial charge in [0.25, 0.3) is 5.56 Å². The van der Waals surface area contributed by atoms with E-state index in [0.717, 1.165) is 16.8 Å². The highest BCUT2D eigenvalue weighted by atomic mass is 19.4. The molecule has 0 unspecified atom stereocenters. The summed E-state index contributed by atoms with van der Waals surface area (Å²) in [5.41, 5.74) is -1.20. The number of carbonyl (C=O) groups excluding carboxylic acids is 1. The number of anilines is 2. The lowest BCUT2D eigenvalue weighted by atomic mass is 9.85. The summed E-state index contributed by atoms with van der Waals surface area (Å²) in [4.78, 5) is 24.3. The van der Waals surface area contributed by atoms with Gasteiger partial charge in [-0.05, 0) is 30.5 Å². The van der Waals surface area contributed by atoms with Crippen molar-refractivity contribution in [2.24, 2.45) is 5.92 Å². The fourth-order valence-corrected chi connectivity index (χ4v) is 3.50. The Kier molecular flexibility index (Phi) is 5.11. The zero-order chi connectivity index (χ0) is 24.2. The number of benzene rings is 1. The van der Waals surface area contributed by atoms with Crippen molar-refractivity contribution in [3.8, 4) is 11.8 Å². The van der Waals surface area contributed by atoms with Gasteiger partial charge in [0.05, 0.1) is 12.1 Å². The average Bonchev–Trinajstić information content (AvgIpc) is 3.52. The van der Waals surface area contributed by atoms with Crippen LogP contribution in [0.1, 0.15) is 29.5 Å². The topological polar surface area (TPSA) is 89.2 Å². The second-order valence-corrected chi connectivity index (χ2v) is 7.82. The summed E-state index contributed by atoms with van der Waals surface area (Å²) in [5, 5.41) is 4.18. The molecule has 1 atom stereocenters. The van der Waals surface area contributed by atoms with Crippen LogP contribution in [0.3, 0.4) is 0 Å². The third-order valence-electron chi connectivity index (χ3n) is 5.36. The van der Waals surface area contributed by atoms with E-state index in [9.17, 15) is 35.9 Å². The Bertz CT molecular complexity index is 1250. The van der Waals surface area contributed by atoms with Gasteiger partial charge < -0.3 is 20.9 Å². The van der Waals surface area contributed by atoms with Crippen molar-refractivity contribution in [3.63, 3.8) is 0 Å². The number of aromatic nitrogens is 1. The van der Waals surface area contributed by atoms with E-state index in [1.54, 1.807) is 0 Å². The molecule has 1 aromatic carbocycles. The van der Waals surface area contributed by atoms with Gasteiger partial charge in [-0.25, -0.2) is 4.79 Å². The van der Waals surface area contributed by atoms with E-state index < -0.39 is 40.7 Å². The molecule has 4 N–H and O–H groups in total. The summed E-state index contributed by atoms with van der Waals surface area (Å²) >= 11 is 0. The van der Waals surface area contributed by atoms with E-state index in [0.29, 0.717) is 18.9 Å². The van der Waals surface area contributed by atoms with Gasteiger partial charge in [0.1, 0.15) is 5.69 Å². The maximum Gasteiger partial charge on any atom is 0.427 e. The molecule has 1 aliphatic carbocycles. The molecule has 0 spiro atoms. The lowest BCUT2D eigenvalue weighted by Gasteiger charge is -2.37. The summed E-state index contributed by atoms with van der Waals surface area (Å²) in [6.07, 6.45) is -7.48. The molecule has 6 nitrogen and oxygen atoms in total. The fourth-order valence-electron chi connectivity index (χ4n) is 3.50. The quantitative estimate of drug-likeness (QED) is 0.461. The molecule has 2 amide bonds. The van der Waals surface area contributed by atoms with E-state index in [4.69, 9.17) is 5.73 Å². The average molecular weight is 470 g/mol. The highest BCUT2D eigenvalue weighted by Gasteiger charge is 2.59. The number of alkyl halides is 6. The number of urea groups is 1. The second-order valence-electron chi connectivity index (χ2n) is 7.82. The van der Waals surface area contributed by atoms with Gasteiger partial charge in [-0.1, -0.05) is 24.0 Å². The molecular formula is C21H16F6N4O2. The molecule has 33 heavy (non-hydrogen) atoms. The Morgan fingerprint density at radius 3 is 2.42 bits per heavy atom. The molecule has 2 aliphatic rings. The lowest BCUT2D eigenvalue weighted by molar-refractivity contribution is -0.178. The molecule has 1 aromatic heterocycles. The maximum atomic E-state index is 14.1. The number of nitrogen functional groups attached to an aromatic ring is 1. The normalized spacial score (nSPS) is 20.2. The van der Waals surface area contributed by atoms with Gasteiger partial charge in [-0.15, -0.1) is 0 Å². The smallest absolute Gasteiger partial charge is 0.394 e. The summed E-state index contributed by atoms with van der Waals surface area (Å²) in [6.45, 7) is -0.287. The third kappa shape index (κ3) is 4.10. The van der Waals surface area contributed by atoms with Crippen molar-refractivity contribution in [2.75, 3.05) is 11.1 Å². The van der Waals surface area contributed by atoms with Crippen molar-refractivity contribution >= 4 is 17.4 Å². The minimum Gasteiger partial charge on any atom is -0.394 e. The first-order valence-electron chi connectivity index (χ1n) is 9.70. The van der Waals surface area contributed by atoms with Crippen molar-refractivity contribution in [1.82, 2.24) is 9.88 Å². The number of hydrogen-bond donors (Lipinski definition) is 3. The van der Waals surface area contributed by atoms with Crippen molar-refractivity contribution in [3.05, 3.63) is 57.5 Å². The molecule has 0 bridgehead atoms. The van der Waals surface area contributed by atoms with Gasteiger partial charge in [0.2, 0.25) is 5.54 Å². The first-order valence-corrected chi connectivity index (χ1v) is 9.70. The Morgan fingerprint density at radius 2 is 1.82 bits per heavy atom. The van der Waals surface area contributed by atoms with Crippen molar-refractivity contribution in [1.29, 1.82) is 0 Å². The summed E-state index contributed by atoms with van der Waals surface area (Å²) in [7, 11) is 0. The minimum atomic E-state index is -4.93. The molecule has 174 valence electrons. The Morgan fingerprint density at radius 1 is 1.12 bits per heavy atom. The Labute approximate surface area is 182 Å². The third-order valence-corrected chi connectivity index (χ3v) is 5.36. The zero-order valence-corrected chi connectivity index (χ0v) is 16.7. The number of fused-ring (bicyclic) bond motifs is 1. The van der Waals surface area contributed by atoms with Crippen LogP contribution >= 0.6 is 0 Å². The molecule has 1 aliphatic heterocycles. The molecule has 2 aromatic rings. The molecule has 12 heteroatoms. The Hall–Kier alpha value is -3.62. The number of nitrogens with two attached hydrogens (primary N) is 1. The van der Waals surface area contributed by atoms with Gasteiger partial charge in [0, 0.05) is 23.4 Å². The molecular weight excluding hydrogens is 454 g/mol. The molecule has 1 saturated carbocycles. The predicted octanol–water partition coefficient (Wildman–Crippen LogP) is 3.80. The number of rotatable bonds is 2. The van der Waals surface area contributed by atoms with E-state index in [-0.39, 0.29) is 29.3 Å². The zero-order valence-electron chi connectivity index (χ0n) is 16.7. The predicted molar refractivity (Wildman–Crippen MR) is 106 cm³/mol. The van der Waals surface area contributed by atoms with Crippen LogP contribution in [0.15, 0.2) is 35.3 Å². The van der Waals surface area contributed by atoms with Crippen LogP contribution < -0.4 is 21.9 Å². The minimum absolute atomic E-state index is 0.157. The van der Waals surface area contributed by atoms with Gasteiger partial charge in [0.15, 0.2) is 0 Å². The largest absolute Gasteiger partial charge is 0.427 e.